The molecular weight excluding hydrogens is 142 g/mol. The van der Waals surface area contributed by atoms with Gasteiger partial charge in [-0.2, -0.15) is 0 Å². The van der Waals surface area contributed by atoms with Crippen LogP contribution >= 0.6 is 11.6 Å². The largest absolute Gasteiger partial charge is 0.410 e. The van der Waals surface area contributed by atoms with Crippen LogP contribution in [0.2, 0.25) is 5.35 Å². The van der Waals surface area contributed by atoms with Crippen LogP contribution in [-0.2, 0) is 0 Å². The molecule has 0 bridgehead atoms. The lowest BCUT2D eigenvalue weighted by Gasteiger charge is -1.92. The first-order valence-corrected chi connectivity index (χ1v) is 2.82. The van der Waals surface area contributed by atoms with Gasteiger partial charge in [0.1, 0.15) is 0 Å². The van der Waals surface area contributed by atoms with E-state index in [4.69, 9.17) is 21.8 Å². The predicted octanol–water partition coefficient (Wildman–Crippen LogP) is 0.743. The zero-order chi connectivity index (χ0) is 6.85. The topological polar surface area (TPSA) is 64.9 Å². The Morgan fingerprint density at radius 2 is 2.33 bits per heavy atom. The minimum absolute atomic E-state index is 0.0299. The fourth-order valence-electron chi connectivity index (χ4n) is 0.400. The highest BCUT2D eigenvalue weighted by Crippen LogP contribution is 2.10. The molecule has 0 amide bonds. The average molecular weight is 148 g/mol. The summed E-state index contributed by atoms with van der Waals surface area (Å²) in [4.78, 5) is 0. The Kier molecular flexibility index (Phi) is 1.68. The quantitative estimate of drug-likeness (QED) is 0.637. The summed E-state index contributed by atoms with van der Waals surface area (Å²) in [6.45, 7) is 1.74. The van der Waals surface area contributed by atoms with Crippen LogP contribution in [0.15, 0.2) is 4.42 Å². The molecule has 0 aromatic carbocycles. The van der Waals surface area contributed by atoms with Gasteiger partial charge in [-0.05, 0) is 18.5 Å². The van der Waals surface area contributed by atoms with E-state index in [0.29, 0.717) is 5.89 Å². The summed E-state index contributed by atoms with van der Waals surface area (Å²) in [6.07, 6.45) is 0. The highest BCUT2D eigenvalue weighted by Gasteiger charge is 2.06. The minimum Gasteiger partial charge on any atom is -0.410 e. The molecule has 0 aliphatic heterocycles. The van der Waals surface area contributed by atoms with E-state index < -0.39 is 0 Å². The Bertz CT molecular complexity index is 197. The monoisotopic (exact) mass is 147 g/mol. The van der Waals surface area contributed by atoms with Crippen LogP contribution in [0.4, 0.5) is 0 Å². The molecule has 1 atom stereocenters. The molecule has 0 saturated heterocycles. The molecule has 2 N–H and O–H groups in total. The molecular formula is C4H6ClN3O. The van der Waals surface area contributed by atoms with Crippen molar-refractivity contribution in [2.24, 2.45) is 5.73 Å². The van der Waals surface area contributed by atoms with E-state index in [0.717, 1.165) is 0 Å². The summed E-state index contributed by atoms with van der Waals surface area (Å²) in [5.41, 5.74) is 5.37. The highest BCUT2D eigenvalue weighted by atomic mass is 35.5. The maximum absolute atomic E-state index is 5.37. The lowest BCUT2D eigenvalue weighted by atomic mass is 10.4. The first kappa shape index (κ1) is 6.51. The van der Waals surface area contributed by atoms with Crippen LogP contribution < -0.4 is 5.73 Å². The fraction of sp³-hybridized carbons (Fsp3) is 0.500. The van der Waals surface area contributed by atoms with E-state index >= 15 is 0 Å². The van der Waals surface area contributed by atoms with Gasteiger partial charge in [-0.25, -0.2) is 0 Å². The number of nitrogens with two attached hydrogens (primary N) is 1. The van der Waals surface area contributed by atoms with Gasteiger partial charge in [-0.3, -0.25) is 0 Å². The second kappa shape index (κ2) is 2.33. The van der Waals surface area contributed by atoms with Crippen molar-refractivity contribution in [1.82, 2.24) is 10.2 Å². The van der Waals surface area contributed by atoms with Crippen molar-refractivity contribution in [2.45, 2.75) is 13.0 Å². The fourth-order valence-corrected chi connectivity index (χ4v) is 0.517. The molecule has 1 heterocycles. The molecule has 1 aromatic rings. The second-order valence-corrected chi connectivity index (χ2v) is 2.01. The predicted molar refractivity (Wildman–Crippen MR) is 31.9 cm³/mol. The summed E-state index contributed by atoms with van der Waals surface area (Å²) in [6, 6.07) is -0.245. The second-order valence-electron chi connectivity index (χ2n) is 1.68. The summed E-state index contributed by atoms with van der Waals surface area (Å²) in [5, 5.41) is 6.98. The van der Waals surface area contributed by atoms with Crippen LogP contribution in [0.5, 0.6) is 0 Å². The third-order valence-electron chi connectivity index (χ3n) is 0.805. The third kappa shape index (κ3) is 1.40. The Morgan fingerprint density at radius 1 is 1.67 bits per heavy atom. The number of hydrogen-bond donors (Lipinski definition) is 1. The summed E-state index contributed by atoms with van der Waals surface area (Å²) < 4.78 is 4.76. The third-order valence-corrected chi connectivity index (χ3v) is 0.958. The van der Waals surface area contributed by atoms with E-state index in [-0.39, 0.29) is 11.4 Å². The van der Waals surface area contributed by atoms with Crippen molar-refractivity contribution >= 4 is 11.6 Å². The van der Waals surface area contributed by atoms with Crippen molar-refractivity contribution in [3.63, 3.8) is 0 Å². The minimum atomic E-state index is -0.245. The molecule has 0 saturated carbocycles. The zero-order valence-electron chi connectivity index (χ0n) is 4.84. The maximum atomic E-state index is 5.37. The lowest BCUT2D eigenvalue weighted by Crippen LogP contribution is -2.04. The normalized spacial score (nSPS) is 13.7. The lowest BCUT2D eigenvalue weighted by molar-refractivity contribution is 0.464. The van der Waals surface area contributed by atoms with Crippen molar-refractivity contribution in [3.8, 4) is 0 Å². The van der Waals surface area contributed by atoms with Crippen molar-refractivity contribution < 1.29 is 4.42 Å². The molecule has 9 heavy (non-hydrogen) atoms. The molecule has 0 spiro atoms. The van der Waals surface area contributed by atoms with Gasteiger partial charge in [-0.1, -0.05) is 5.10 Å². The Labute approximate surface area is 57.0 Å². The molecule has 4 nitrogen and oxygen atoms in total. The molecule has 0 fully saturated rings. The molecule has 0 aliphatic rings. The Hall–Kier alpha value is -0.610. The number of nitrogens with zero attached hydrogens (tertiary/aromatic N) is 2. The van der Waals surface area contributed by atoms with E-state index in [1.54, 1.807) is 6.92 Å². The average Bonchev–Trinajstić information content (AvgIpc) is 2.14. The smallest absolute Gasteiger partial charge is 0.312 e. The van der Waals surface area contributed by atoms with Crippen molar-refractivity contribution in [2.75, 3.05) is 0 Å². The summed E-state index contributed by atoms with van der Waals surface area (Å²) in [7, 11) is 0. The number of halogens is 1. The molecule has 0 aliphatic carbocycles. The van der Waals surface area contributed by atoms with E-state index in [1.165, 1.54) is 0 Å². The van der Waals surface area contributed by atoms with Gasteiger partial charge in [0.05, 0.1) is 6.04 Å². The van der Waals surface area contributed by atoms with Gasteiger partial charge in [0, 0.05) is 0 Å². The molecule has 50 valence electrons. The van der Waals surface area contributed by atoms with Gasteiger partial charge in [0.15, 0.2) is 0 Å². The number of aromatic nitrogens is 2. The van der Waals surface area contributed by atoms with Crippen LogP contribution in [0.1, 0.15) is 18.9 Å². The molecule has 0 unspecified atom stereocenters. The molecule has 1 aromatic heterocycles. The van der Waals surface area contributed by atoms with Crippen molar-refractivity contribution in [1.29, 1.82) is 0 Å². The summed E-state index contributed by atoms with van der Waals surface area (Å²) >= 11 is 5.31. The van der Waals surface area contributed by atoms with E-state index in [9.17, 15) is 0 Å². The first-order valence-electron chi connectivity index (χ1n) is 2.44. The van der Waals surface area contributed by atoms with Crippen LogP contribution in [0, 0.1) is 0 Å². The number of hydrogen-bond acceptors (Lipinski definition) is 4. The van der Waals surface area contributed by atoms with Gasteiger partial charge in [0.25, 0.3) is 0 Å². The maximum Gasteiger partial charge on any atom is 0.312 e. The van der Waals surface area contributed by atoms with Crippen LogP contribution in [-0.4, -0.2) is 10.2 Å². The summed E-state index contributed by atoms with van der Waals surface area (Å²) in [5.74, 6) is 0.361. The SMILES string of the molecule is C[C@H](N)c1nnc(Cl)o1. The standard InChI is InChI=1S/C4H6ClN3O/c1-2(6)3-7-8-4(5)9-3/h2H,6H2,1H3/t2-/m0/s1. The van der Waals surface area contributed by atoms with Gasteiger partial charge in [-0.15, -0.1) is 5.10 Å². The Balaban J connectivity index is 2.85. The van der Waals surface area contributed by atoms with E-state index in [2.05, 4.69) is 10.2 Å². The van der Waals surface area contributed by atoms with Gasteiger partial charge >= 0.3 is 5.35 Å². The van der Waals surface area contributed by atoms with Gasteiger partial charge < -0.3 is 10.2 Å². The number of rotatable bonds is 1. The molecule has 1 rings (SSSR count). The van der Waals surface area contributed by atoms with Crippen molar-refractivity contribution in [3.05, 3.63) is 11.2 Å². The highest BCUT2D eigenvalue weighted by molar-refractivity contribution is 6.27. The van der Waals surface area contributed by atoms with Crippen LogP contribution in [0.25, 0.3) is 0 Å². The van der Waals surface area contributed by atoms with Gasteiger partial charge in [0.2, 0.25) is 5.89 Å². The van der Waals surface area contributed by atoms with Crippen LogP contribution in [0.3, 0.4) is 0 Å². The zero-order valence-corrected chi connectivity index (χ0v) is 5.59. The molecule has 0 radical (unpaired) electrons. The Morgan fingerprint density at radius 3 is 2.56 bits per heavy atom. The first-order chi connectivity index (χ1) is 4.20. The molecule has 5 heteroatoms. The van der Waals surface area contributed by atoms with E-state index in [1.807, 2.05) is 0 Å².